The monoisotopic (exact) mass is 524 g/mol. The molecule has 1 aromatic carbocycles. The minimum atomic E-state index is -0.265. The van der Waals surface area contributed by atoms with Gasteiger partial charge in [0.15, 0.2) is 5.65 Å². The maximum absolute atomic E-state index is 13.6. The third-order valence-electron chi connectivity index (χ3n) is 7.33. The molecule has 1 aliphatic rings. The predicted octanol–water partition coefficient (Wildman–Crippen LogP) is 3.51. The number of aromatic nitrogens is 5. The summed E-state index contributed by atoms with van der Waals surface area (Å²) < 4.78 is 5.12. The molecule has 1 aliphatic heterocycles. The lowest BCUT2D eigenvalue weighted by atomic mass is 10.0. The van der Waals surface area contributed by atoms with E-state index < -0.39 is 0 Å². The van der Waals surface area contributed by atoms with Crippen LogP contribution in [0.25, 0.3) is 22.2 Å². The van der Waals surface area contributed by atoms with Gasteiger partial charge in [0.25, 0.3) is 11.5 Å². The Hall–Kier alpha value is -4.44. The fraction of sp³-hybridized carbons (Fsp3) is 0.310. The van der Waals surface area contributed by atoms with Crippen molar-refractivity contribution in [2.75, 3.05) is 29.9 Å². The molecule has 39 heavy (non-hydrogen) atoms. The number of hydrogen-bond donors (Lipinski definition) is 2. The number of hydrogen-bond acceptors (Lipinski definition) is 6. The number of amides is 1. The van der Waals surface area contributed by atoms with Crippen LogP contribution >= 0.6 is 0 Å². The first-order chi connectivity index (χ1) is 18.9. The summed E-state index contributed by atoms with van der Waals surface area (Å²) in [7, 11) is 1.88. The Kier molecular flexibility index (Phi) is 6.40. The van der Waals surface area contributed by atoms with E-state index >= 15 is 0 Å². The Morgan fingerprint density at radius 2 is 1.90 bits per heavy atom. The first-order valence-corrected chi connectivity index (χ1v) is 13.3. The van der Waals surface area contributed by atoms with E-state index in [-0.39, 0.29) is 11.5 Å². The lowest BCUT2D eigenvalue weighted by Crippen LogP contribution is -2.42. The maximum atomic E-state index is 13.6. The number of carbonyl (C=O) groups is 1. The SMILES string of the molecule is CCNC1CCN(c2ccc(C(=O)Nc3cc(-n4ccccc4=O)c4nc(C)cn4c3)c3nn(C)cc23)CC1. The fourth-order valence-electron chi connectivity index (χ4n) is 5.55. The molecule has 6 rings (SSSR count). The zero-order valence-electron chi connectivity index (χ0n) is 22.4. The third-order valence-corrected chi connectivity index (χ3v) is 7.33. The summed E-state index contributed by atoms with van der Waals surface area (Å²) >= 11 is 0. The molecular weight excluding hydrogens is 492 g/mol. The first-order valence-electron chi connectivity index (χ1n) is 13.3. The Bertz CT molecular complexity index is 1740. The Balaban J connectivity index is 1.34. The summed E-state index contributed by atoms with van der Waals surface area (Å²) in [5.74, 6) is -0.265. The van der Waals surface area contributed by atoms with E-state index in [2.05, 4.69) is 32.5 Å². The van der Waals surface area contributed by atoms with Crippen LogP contribution in [-0.2, 0) is 7.05 Å². The second-order valence-electron chi connectivity index (χ2n) is 10.1. The first kappa shape index (κ1) is 24.9. The highest BCUT2D eigenvalue weighted by Crippen LogP contribution is 2.31. The number of carbonyl (C=O) groups excluding carboxylic acids is 1. The van der Waals surface area contributed by atoms with Crippen molar-refractivity contribution in [1.82, 2.24) is 29.0 Å². The topological polar surface area (TPSA) is 101 Å². The minimum absolute atomic E-state index is 0.177. The Morgan fingerprint density at radius 1 is 1.08 bits per heavy atom. The molecule has 2 N–H and O–H groups in total. The lowest BCUT2D eigenvalue weighted by Gasteiger charge is -2.34. The molecule has 4 aromatic heterocycles. The minimum Gasteiger partial charge on any atom is -0.371 e. The molecule has 0 aliphatic carbocycles. The van der Waals surface area contributed by atoms with Crippen LogP contribution in [0.1, 0.15) is 35.8 Å². The van der Waals surface area contributed by atoms with Crippen LogP contribution in [0.2, 0.25) is 0 Å². The maximum Gasteiger partial charge on any atom is 0.257 e. The second kappa shape index (κ2) is 10.0. The quantitative estimate of drug-likeness (QED) is 0.353. The van der Waals surface area contributed by atoms with E-state index in [0.29, 0.717) is 34.1 Å². The van der Waals surface area contributed by atoms with Gasteiger partial charge in [-0.15, -0.1) is 0 Å². The van der Waals surface area contributed by atoms with Crippen molar-refractivity contribution in [2.24, 2.45) is 7.05 Å². The number of fused-ring (bicyclic) bond motifs is 2. The number of rotatable bonds is 6. The molecule has 0 unspecified atom stereocenters. The summed E-state index contributed by atoms with van der Waals surface area (Å²) in [6.45, 7) is 6.94. The molecule has 0 saturated carbocycles. The number of piperidine rings is 1. The number of aryl methyl sites for hydroxylation is 2. The summed E-state index contributed by atoms with van der Waals surface area (Å²) in [5, 5.41) is 12.2. The van der Waals surface area contributed by atoms with Gasteiger partial charge in [0.1, 0.15) is 5.52 Å². The predicted molar refractivity (Wildman–Crippen MR) is 153 cm³/mol. The fourth-order valence-corrected chi connectivity index (χ4v) is 5.55. The van der Waals surface area contributed by atoms with E-state index in [1.165, 1.54) is 10.6 Å². The molecule has 0 spiro atoms. The van der Waals surface area contributed by atoms with Gasteiger partial charge in [-0.25, -0.2) is 4.98 Å². The Morgan fingerprint density at radius 3 is 2.67 bits per heavy atom. The van der Waals surface area contributed by atoms with Gasteiger partial charge in [0, 0.05) is 68.1 Å². The van der Waals surface area contributed by atoms with Crippen LogP contribution in [0.4, 0.5) is 11.4 Å². The van der Waals surface area contributed by atoms with Gasteiger partial charge in [-0.1, -0.05) is 13.0 Å². The number of anilines is 2. The second-order valence-corrected chi connectivity index (χ2v) is 10.1. The zero-order valence-corrected chi connectivity index (χ0v) is 22.4. The van der Waals surface area contributed by atoms with Crippen molar-refractivity contribution in [3.63, 3.8) is 0 Å². The van der Waals surface area contributed by atoms with Gasteiger partial charge in [-0.05, 0) is 50.6 Å². The number of nitrogens with zero attached hydrogens (tertiary/aromatic N) is 6. The highest BCUT2D eigenvalue weighted by Gasteiger charge is 2.23. The van der Waals surface area contributed by atoms with Crippen LogP contribution < -0.4 is 21.1 Å². The number of nitrogens with one attached hydrogen (secondary N) is 2. The summed E-state index contributed by atoms with van der Waals surface area (Å²) in [6, 6.07) is 11.2. The summed E-state index contributed by atoms with van der Waals surface area (Å²) in [4.78, 5) is 33.2. The molecule has 200 valence electrons. The highest BCUT2D eigenvalue weighted by atomic mass is 16.1. The standard InChI is InChI=1S/C29H32N8O2/c1-4-30-20-10-13-35(14-11-20)24-9-8-22(27-23(24)18-34(3)33-27)29(39)32-21-15-25(37-12-6-5-7-26(37)38)28-31-19(2)16-36(28)17-21/h5-9,12,15-18,20,30H,4,10-11,13-14H2,1-3H3,(H,32,39). The van der Waals surface area contributed by atoms with Gasteiger partial charge in [0.2, 0.25) is 0 Å². The Labute approximate surface area is 225 Å². The van der Waals surface area contributed by atoms with E-state index in [0.717, 1.165) is 49.2 Å². The van der Waals surface area contributed by atoms with Crippen molar-refractivity contribution in [3.8, 4) is 5.69 Å². The average Bonchev–Trinajstić information content (AvgIpc) is 3.50. The van der Waals surface area contributed by atoms with Gasteiger partial charge in [-0.2, -0.15) is 5.10 Å². The van der Waals surface area contributed by atoms with Gasteiger partial charge in [-0.3, -0.25) is 18.8 Å². The number of pyridine rings is 2. The van der Waals surface area contributed by atoms with Crippen LogP contribution in [0.5, 0.6) is 0 Å². The highest BCUT2D eigenvalue weighted by molar-refractivity contribution is 6.14. The lowest BCUT2D eigenvalue weighted by molar-refractivity contribution is 0.102. The van der Waals surface area contributed by atoms with Crippen molar-refractivity contribution in [3.05, 3.63) is 82.8 Å². The van der Waals surface area contributed by atoms with Crippen molar-refractivity contribution < 1.29 is 4.79 Å². The van der Waals surface area contributed by atoms with E-state index in [1.54, 1.807) is 29.1 Å². The molecule has 0 radical (unpaired) electrons. The summed E-state index contributed by atoms with van der Waals surface area (Å²) in [5.41, 5.74) is 4.67. The van der Waals surface area contributed by atoms with E-state index in [1.807, 2.05) is 49.1 Å². The van der Waals surface area contributed by atoms with Crippen LogP contribution in [0, 0.1) is 6.92 Å². The largest absolute Gasteiger partial charge is 0.371 e. The number of benzene rings is 1. The van der Waals surface area contributed by atoms with Crippen molar-refractivity contribution in [1.29, 1.82) is 0 Å². The molecule has 0 atom stereocenters. The van der Waals surface area contributed by atoms with Crippen molar-refractivity contribution in [2.45, 2.75) is 32.7 Å². The normalized spacial score (nSPS) is 14.4. The zero-order chi connectivity index (χ0) is 27.1. The van der Waals surface area contributed by atoms with Crippen LogP contribution in [-0.4, -0.2) is 55.3 Å². The molecular formula is C29H32N8O2. The van der Waals surface area contributed by atoms with Gasteiger partial charge < -0.3 is 19.9 Å². The average molecular weight is 525 g/mol. The molecule has 5 heterocycles. The molecule has 1 saturated heterocycles. The smallest absolute Gasteiger partial charge is 0.257 e. The van der Waals surface area contributed by atoms with Crippen molar-refractivity contribution >= 4 is 33.8 Å². The molecule has 5 aromatic rings. The van der Waals surface area contributed by atoms with Crippen LogP contribution in [0.3, 0.4) is 0 Å². The molecule has 0 bridgehead atoms. The number of imidazole rings is 1. The van der Waals surface area contributed by atoms with E-state index in [9.17, 15) is 9.59 Å². The summed E-state index contributed by atoms with van der Waals surface area (Å²) in [6.07, 6.45) is 9.53. The van der Waals surface area contributed by atoms with E-state index in [4.69, 9.17) is 0 Å². The van der Waals surface area contributed by atoms with Gasteiger partial charge in [0.05, 0.1) is 22.6 Å². The van der Waals surface area contributed by atoms with Gasteiger partial charge >= 0.3 is 0 Å². The third kappa shape index (κ3) is 4.67. The van der Waals surface area contributed by atoms with Crippen LogP contribution in [0.15, 0.2) is 66.0 Å². The molecule has 1 amide bonds. The molecule has 1 fully saturated rings. The molecule has 10 nitrogen and oxygen atoms in total. The molecule has 10 heteroatoms.